The Hall–Kier alpha value is -3.21. The molecule has 3 aromatic rings. The summed E-state index contributed by atoms with van der Waals surface area (Å²) in [5.41, 5.74) is -0.908. The van der Waals surface area contributed by atoms with Crippen LogP contribution in [0.5, 0.6) is 0 Å². The molecule has 7 nitrogen and oxygen atoms in total. The van der Waals surface area contributed by atoms with Gasteiger partial charge in [0, 0.05) is 25.2 Å². The number of pyridine rings is 1. The van der Waals surface area contributed by atoms with Gasteiger partial charge in [-0.25, -0.2) is 14.4 Å². The summed E-state index contributed by atoms with van der Waals surface area (Å²) in [5, 5.41) is 13.6. The molecule has 1 fully saturated rings. The molecule has 1 saturated heterocycles. The number of aliphatic hydroxyl groups is 1. The van der Waals surface area contributed by atoms with Gasteiger partial charge in [0.1, 0.15) is 11.6 Å². The minimum Gasteiger partial charge on any atom is -0.386 e. The first kappa shape index (κ1) is 21.0. The van der Waals surface area contributed by atoms with Gasteiger partial charge in [0.05, 0.1) is 22.8 Å². The van der Waals surface area contributed by atoms with E-state index in [0.29, 0.717) is 25.2 Å². The van der Waals surface area contributed by atoms with E-state index < -0.39 is 29.3 Å². The Morgan fingerprint density at radius 1 is 1.29 bits per heavy atom. The van der Waals surface area contributed by atoms with Crippen LogP contribution in [0.1, 0.15) is 29.0 Å². The predicted molar refractivity (Wildman–Crippen MR) is 104 cm³/mol. The number of piperidine rings is 1. The Morgan fingerprint density at radius 2 is 2.10 bits per heavy atom. The first-order chi connectivity index (χ1) is 14.6. The molecule has 0 saturated carbocycles. The van der Waals surface area contributed by atoms with Crippen LogP contribution in [0.25, 0.3) is 11.0 Å². The third kappa shape index (κ3) is 4.61. The Bertz CT molecular complexity index is 1100. The number of carbonyl (C=O) groups excluding carboxylic acids is 1. The molecule has 2 aromatic heterocycles. The first-order valence-corrected chi connectivity index (χ1v) is 9.57. The average molecular weight is 437 g/mol. The molecular formula is C20H19F4N5O2. The Morgan fingerprint density at radius 3 is 2.81 bits per heavy atom. The average Bonchev–Trinajstić information content (AvgIpc) is 3.17. The predicted octanol–water partition coefficient (Wildman–Crippen LogP) is 2.88. The van der Waals surface area contributed by atoms with Crippen molar-refractivity contribution in [3.8, 4) is 0 Å². The first-order valence-electron chi connectivity index (χ1n) is 9.57. The highest BCUT2D eigenvalue weighted by Crippen LogP contribution is 2.29. The van der Waals surface area contributed by atoms with E-state index in [1.807, 2.05) is 4.90 Å². The number of nitrogens with zero attached hydrogens (tertiary/aromatic N) is 3. The maximum atomic E-state index is 13.1. The fourth-order valence-corrected chi connectivity index (χ4v) is 3.64. The number of anilines is 1. The second kappa shape index (κ2) is 7.80. The number of hydrogen-bond donors (Lipinski definition) is 3. The van der Waals surface area contributed by atoms with Gasteiger partial charge in [-0.2, -0.15) is 13.2 Å². The number of aromatic nitrogens is 3. The molecule has 4 rings (SSSR count). The molecule has 0 unspecified atom stereocenters. The lowest BCUT2D eigenvalue weighted by Gasteiger charge is -2.39. The minimum absolute atomic E-state index is 0.0572. The number of halogens is 4. The van der Waals surface area contributed by atoms with E-state index in [0.717, 1.165) is 6.20 Å². The number of hydrogen-bond acceptors (Lipinski definition) is 5. The molecule has 0 spiro atoms. The topological polar surface area (TPSA) is 94.1 Å². The SMILES string of the molecule is O=C(NC[C@@]1(O)CCCN(c2ccc(F)cn2)C1)c1ccc2nc(C(F)(F)F)[nH]c2c1. The van der Waals surface area contributed by atoms with Crippen LogP contribution in [-0.4, -0.2) is 51.2 Å². The van der Waals surface area contributed by atoms with Crippen LogP contribution in [0.2, 0.25) is 0 Å². The van der Waals surface area contributed by atoms with Gasteiger partial charge in [0.15, 0.2) is 0 Å². The molecular weight excluding hydrogens is 418 g/mol. The fourth-order valence-electron chi connectivity index (χ4n) is 3.64. The fraction of sp³-hybridized carbons (Fsp3) is 0.350. The summed E-state index contributed by atoms with van der Waals surface area (Å²) >= 11 is 0. The van der Waals surface area contributed by atoms with Crippen molar-refractivity contribution in [1.29, 1.82) is 0 Å². The number of aromatic amines is 1. The third-order valence-corrected chi connectivity index (χ3v) is 5.18. The molecule has 3 heterocycles. The van der Waals surface area contributed by atoms with Gasteiger partial charge in [-0.05, 0) is 43.2 Å². The molecule has 0 bridgehead atoms. The molecule has 0 radical (unpaired) electrons. The molecule has 1 aromatic carbocycles. The number of carbonyl (C=O) groups is 1. The van der Waals surface area contributed by atoms with Crippen molar-refractivity contribution < 1.29 is 27.5 Å². The van der Waals surface area contributed by atoms with E-state index in [-0.39, 0.29) is 29.7 Å². The van der Waals surface area contributed by atoms with E-state index in [2.05, 4.69) is 20.3 Å². The van der Waals surface area contributed by atoms with Crippen LogP contribution < -0.4 is 10.2 Å². The summed E-state index contributed by atoms with van der Waals surface area (Å²) in [6.07, 6.45) is -2.43. The molecule has 164 valence electrons. The van der Waals surface area contributed by atoms with Crippen LogP contribution in [0.3, 0.4) is 0 Å². The van der Waals surface area contributed by atoms with Gasteiger partial charge in [0.25, 0.3) is 5.91 Å². The largest absolute Gasteiger partial charge is 0.449 e. The van der Waals surface area contributed by atoms with E-state index >= 15 is 0 Å². The van der Waals surface area contributed by atoms with Crippen molar-refractivity contribution in [3.63, 3.8) is 0 Å². The molecule has 3 N–H and O–H groups in total. The second-order valence-corrected chi connectivity index (χ2v) is 7.58. The zero-order valence-corrected chi connectivity index (χ0v) is 16.2. The number of fused-ring (bicyclic) bond motifs is 1. The molecule has 1 aliphatic rings. The highest BCUT2D eigenvalue weighted by Gasteiger charge is 2.35. The number of alkyl halides is 3. The molecule has 11 heteroatoms. The number of amides is 1. The normalized spacial score (nSPS) is 19.6. The van der Waals surface area contributed by atoms with E-state index in [1.54, 1.807) is 0 Å². The van der Waals surface area contributed by atoms with Gasteiger partial charge in [-0.3, -0.25) is 4.79 Å². The zero-order chi connectivity index (χ0) is 22.2. The van der Waals surface area contributed by atoms with E-state index in [1.165, 1.54) is 30.3 Å². The summed E-state index contributed by atoms with van der Waals surface area (Å²) in [6, 6.07) is 6.79. The van der Waals surface area contributed by atoms with Crippen LogP contribution in [0.4, 0.5) is 23.4 Å². The van der Waals surface area contributed by atoms with Crippen molar-refractivity contribution in [1.82, 2.24) is 20.3 Å². The number of benzene rings is 1. The van der Waals surface area contributed by atoms with Crippen LogP contribution in [0.15, 0.2) is 36.5 Å². The number of β-amino-alcohol motifs (C(OH)–C–C–N with tert-alkyl or cyclic N) is 1. The van der Waals surface area contributed by atoms with Crippen molar-refractivity contribution in [2.45, 2.75) is 24.6 Å². The van der Waals surface area contributed by atoms with Gasteiger partial charge in [-0.1, -0.05) is 0 Å². The summed E-state index contributed by atoms with van der Waals surface area (Å²) in [6.45, 7) is 0.770. The lowest BCUT2D eigenvalue weighted by molar-refractivity contribution is -0.144. The van der Waals surface area contributed by atoms with E-state index in [4.69, 9.17) is 0 Å². The third-order valence-electron chi connectivity index (χ3n) is 5.18. The maximum absolute atomic E-state index is 13.1. The molecule has 1 atom stereocenters. The van der Waals surface area contributed by atoms with Crippen LogP contribution in [0, 0.1) is 5.82 Å². The molecule has 0 aliphatic carbocycles. The summed E-state index contributed by atoms with van der Waals surface area (Å²) in [4.78, 5) is 24.0. The Labute approximate surface area is 174 Å². The lowest BCUT2D eigenvalue weighted by Crippen LogP contribution is -2.54. The monoisotopic (exact) mass is 437 g/mol. The van der Waals surface area contributed by atoms with E-state index in [9.17, 15) is 27.5 Å². The van der Waals surface area contributed by atoms with Crippen molar-refractivity contribution in [3.05, 3.63) is 53.7 Å². The number of rotatable bonds is 4. The standard InChI is InChI=1S/C20H19F4N5O2/c21-13-3-5-16(25-9-13)29-7-1-6-19(31,11-29)10-26-17(30)12-2-4-14-15(8-12)28-18(27-14)20(22,23)24/h2-5,8-9,31H,1,6-7,10-11H2,(H,26,30)(H,27,28)/t19-/m0/s1. The van der Waals surface area contributed by atoms with Gasteiger partial charge in [-0.15, -0.1) is 0 Å². The molecule has 1 aliphatic heterocycles. The smallest absolute Gasteiger partial charge is 0.386 e. The van der Waals surface area contributed by atoms with Gasteiger partial charge >= 0.3 is 6.18 Å². The zero-order valence-electron chi connectivity index (χ0n) is 16.2. The Kier molecular flexibility index (Phi) is 5.29. The highest BCUT2D eigenvalue weighted by molar-refractivity contribution is 5.97. The number of H-pyrrole nitrogens is 1. The second-order valence-electron chi connectivity index (χ2n) is 7.58. The van der Waals surface area contributed by atoms with Gasteiger partial charge in [0.2, 0.25) is 5.82 Å². The van der Waals surface area contributed by atoms with Crippen LogP contribution in [-0.2, 0) is 6.18 Å². The molecule has 31 heavy (non-hydrogen) atoms. The highest BCUT2D eigenvalue weighted by atomic mass is 19.4. The summed E-state index contributed by atoms with van der Waals surface area (Å²) < 4.78 is 51.5. The quantitative estimate of drug-likeness (QED) is 0.546. The van der Waals surface area contributed by atoms with Crippen molar-refractivity contribution in [2.75, 3.05) is 24.5 Å². The van der Waals surface area contributed by atoms with Crippen LogP contribution >= 0.6 is 0 Å². The lowest BCUT2D eigenvalue weighted by atomic mass is 9.92. The number of imidazole rings is 1. The van der Waals surface area contributed by atoms with Gasteiger partial charge < -0.3 is 20.3 Å². The number of nitrogens with one attached hydrogen (secondary N) is 2. The molecule has 1 amide bonds. The Balaban J connectivity index is 1.43. The minimum atomic E-state index is -4.61. The van der Waals surface area contributed by atoms with Crippen molar-refractivity contribution >= 4 is 22.8 Å². The maximum Gasteiger partial charge on any atom is 0.449 e. The van der Waals surface area contributed by atoms with Crippen molar-refractivity contribution in [2.24, 2.45) is 0 Å². The summed E-state index contributed by atoms with van der Waals surface area (Å²) in [7, 11) is 0. The summed E-state index contributed by atoms with van der Waals surface area (Å²) in [5.74, 6) is -1.60.